The molecule has 0 saturated heterocycles. The lowest BCUT2D eigenvalue weighted by Crippen LogP contribution is -2.16. The van der Waals surface area contributed by atoms with E-state index in [-0.39, 0.29) is 5.84 Å². The predicted molar refractivity (Wildman–Crippen MR) is 68.5 cm³/mol. The van der Waals surface area contributed by atoms with Gasteiger partial charge >= 0.3 is 0 Å². The van der Waals surface area contributed by atoms with Gasteiger partial charge in [0.15, 0.2) is 0 Å². The molecule has 1 heterocycles. The summed E-state index contributed by atoms with van der Waals surface area (Å²) in [6, 6.07) is 7.85. The smallest absolute Gasteiger partial charge is 0.140 e. The number of ether oxygens (including phenoxy) is 1. The van der Waals surface area contributed by atoms with Crippen molar-refractivity contribution >= 4 is 16.9 Å². The molecule has 0 radical (unpaired) electrons. The highest BCUT2D eigenvalue weighted by Gasteiger charge is 2.10. The van der Waals surface area contributed by atoms with Crippen LogP contribution in [0.15, 0.2) is 29.4 Å². The summed E-state index contributed by atoms with van der Waals surface area (Å²) in [4.78, 5) is 4.50. The number of fused-ring (bicyclic) bond motifs is 1. The highest BCUT2D eigenvalue weighted by Crippen LogP contribution is 2.17. The minimum Gasteiger partial charge on any atom is -0.409 e. The number of benzene rings is 1. The first-order chi connectivity index (χ1) is 8.76. The van der Waals surface area contributed by atoms with E-state index in [1.54, 1.807) is 7.11 Å². The third-order valence-electron chi connectivity index (χ3n) is 2.73. The van der Waals surface area contributed by atoms with E-state index >= 15 is 0 Å². The van der Waals surface area contributed by atoms with E-state index in [1.165, 1.54) is 0 Å². The number of hydrogen-bond donors (Lipinski definition) is 2. The fourth-order valence-corrected chi connectivity index (χ4v) is 1.89. The Morgan fingerprint density at radius 2 is 2.28 bits per heavy atom. The first kappa shape index (κ1) is 12.4. The second-order valence-corrected chi connectivity index (χ2v) is 3.94. The van der Waals surface area contributed by atoms with E-state index in [0.717, 1.165) is 16.9 Å². The number of methoxy groups -OCH3 is 1. The summed E-state index contributed by atoms with van der Waals surface area (Å²) in [7, 11) is 1.63. The Hall–Kier alpha value is -2.08. The van der Waals surface area contributed by atoms with Crippen LogP contribution in [0.4, 0.5) is 0 Å². The minimum atomic E-state index is 0.205. The molecule has 0 spiro atoms. The Kier molecular flexibility index (Phi) is 3.78. The zero-order valence-electron chi connectivity index (χ0n) is 10.2. The maximum Gasteiger partial charge on any atom is 0.140 e. The van der Waals surface area contributed by atoms with E-state index in [9.17, 15) is 0 Å². The largest absolute Gasteiger partial charge is 0.409 e. The lowest BCUT2D eigenvalue weighted by molar-refractivity contribution is 0.175. The molecular weight excluding hydrogens is 232 g/mol. The van der Waals surface area contributed by atoms with Crippen LogP contribution in [0, 0.1) is 0 Å². The zero-order chi connectivity index (χ0) is 13.0. The lowest BCUT2D eigenvalue weighted by Gasteiger charge is -2.07. The summed E-state index contributed by atoms with van der Waals surface area (Å²) in [6.07, 6.45) is 0.466. The number of aromatic nitrogens is 2. The van der Waals surface area contributed by atoms with E-state index in [4.69, 9.17) is 15.7 Å². The Morgan fingerprint density at radius 3 is 3.00 bits per heavy atom. The Balaban J connectivity index is 2.35. The predicted octanol–water partition coefficient (Wildman–Crippen LogP) is 1.32. The zero-order valence-corrected chi connectivity index (χ0v) is 10.2. The topological polar surface area (TPSA) is 85.7 Å². The van der Waals surface area contributed by atoms with Gasteiger partial charge in [0.05, 0.1) is 11.0 Å². The number of nitrogens with two attached hydrogens (primary N) is 1. The van der Waals surface area contributed by atoms with Gasteiger partial charge in [0, 0.05) is 20.1 Å². The first-order valence-corrected chi connectivity index (χ1v) is 5.65. The van der Waals surface area contributed by atoms with E-state index in [0.29, 0.717) is 19.6 Å². The number of rotatable bonds is 5. The van der Waals surface area contributed by atoms with Crippen molar-refractivity contribution in [2.24, 2.45) is 10.9 Å². The molecule has 96 valence electrons. The normalized spacial score (nSPS) is 12.2. The van der Waals surface area contributed by atoms with Crippen molar-refractivity contribution in [3.05, 3.63) is 30.1 Å². The van der Waals surface area contributed by atoms with Crippen LogP contribution in [0.1, 0.15) is 12.2 Å². The van der Waals surface area contributed by atoms with Crippen LogP contribution in [0.2, 0.25) is 0 Å². The number of amidine groups is 1. The first-order valence-electron chi connectivity index (χ1n) is 5.65. The van der Waals surface area contributed by atoms with Gasteiger partial charge < -0.3 is 20.2 Å². The molecule has 6 heteroatoms. The van der Waals surface area contributed by atoms with Crippen LogP contribution in [0.3, 0.4) is 0 Å². The van der Waals surface area contributed by atoms with Gasteiger partial charge in [-0.1, -0.05) is 17.3 Å². The molecule has 0 bridgehead atoms. The molecule has 2 aromatic rings. The quantitative estimate of drug-likeness (QED) is 0.361. The molecule has 18 heavy (non-hydrogen) atoms. The molecule has 0 unspecified atom stereocenters. The number of imidazole rings is 1. The average molecular weight is 248 g/mol. The van der Waals surface area contributed by atoms with Crippen molar-refractivity contribution in [3.8, 4) is 0 Å². The van der Waals surface area contributed by atoms with Gasteiger partial charge in [-0.2, -0.15) is 0 Å². The van der Waals surface area contributed by atoms with Crippen molar-refractivity contribution < 1.29 is 9.94 Å². The third-order valence-corrected chi connectivity index (χ3v) is 2.73. The van der Waals surface area contributed by atoms with Crippen LogP contribution in [0.25, 0.3) is 11.0 Å². The molecule has 0 amide bonds. The van der Waals surface area contributed by atoms with Crippen LogP contribution >= 0.6 is 0 Å². The highest BCUT2D eigenvalue weighted by atomic mass is 16.5. The molecule has 0 saturated carbocycles. The van der Waals surface area contributed by atoms with Gasteiger partial charge in [0.2, 0.25) is 0 Å². The number of aryl methyl sites for hydroxylation is 1. The maximum atomic E-state index is 8.56. The van der Waals surface area contributed by atoms with Crippen LogP contribution in [-0.2, 0) is 17.9 Å². The van der Waals surface area contributed by atoms with Gasteiger partial charge in [-0.15, -0.1) is 0 Å². The van der Waals surface area contributed by atoms with Gasteiger partial charge in [-0.05, 0) is 12.1 Å². The van der Waals surface area contributed by atoms with Gasteiger partial charge in [-0.25, -0.2) is 4.98 Å². The maximum absolute atomic E-state index is 8.56. The minimum absolute atomic E-state index is 0.205. The molecule has 0 atom stereocenters. The summed E-state index contributed by atoms with van der Waals surface area (Å²) >= 11 is 0. The van der Waals surface area contributed by atoms with Gasteiger partial charge in [0.25, 0.3) is 0 Å². The van der Waals surface area contributed by atoms with E-state index in [1.807, 2.05) is 28.8 Å². The Labute approximate surface area is 105 Å². The summed E-state index contributed by atoms with van der Waals surface area (Å²) in [5.74, 6) is 1.04. The number of oxime groups is 1. The summed E-state index contributed by atoms with van der Waals surface area (Å²) in [6.45, 7) is 1.04. The van der Waals surface area contributed by atoms with E-state index in [2.05, 4.69) is 10.1 Å². The molecule has 3 N–H and O–H groups in total. The lowest BCUT2D eigenvalue weighted by atomic mass is 10.3. The van der Waals surface area contributed by atoms with Crippen LogP contribution < -0.4 is 5.73 Å². The van der Waals surface area contributed by atoms with Crippen molar-refractivity contribution in [3.63, 3.8) is 0 Å². The SMILES string of the molecule is COCc1nc2ccccc2n1CC/C(N)=N/O. The molecule has 6 nitrogen and oxygen atoms in total. The summed E-state index contributed by atoms with van der Waals surface area (Å²) < 4.78 is 7.16. The third kappa shape index (κ3) is 2.43. The standard InChI is InChI=1S/C12H16N4O2/c1-18-8-12-14-9-4-2-3-5-10(9)16(12)7-6-11(13)15-17/h2-5,17H,6-8H2,1H3,(H2,13,15). The summed E-state index contributed by atoms with van der Waals surface area (Å²) in [5, 5.41) is 11.5. The Morgan fingerprint density at radius 1 is 1.50 bits per heavy atom. The fraction of sp³-hybridized carbons (Fsp3) is 0.333. The van der Waals surface area contributed by atoms with Crippen molar-refractivity contribution in [1.29, 1.82) is 0 Å². The number of nitrogens with zero attached hydrogens (tertiary/aromatic N) is 3. The molecule has 0 aliphatic heterocycles. The average Bonchev–Trinajstić information content (AvgIpc) is 2.74. The van der Waals surface area contributed by atoms with Gasteiger partial charge in [0.1, 0.15) is 18.3 Å². The monoisotopic (exact) mass is 248 g/mol. The van der Waals surface area contributed by atoms with E-state index < -0.39 is 0 Å². The summed E-state index contributed by atoms with van der Waals surface area (Å²) in [5.41, 5.74) is 7.44. The Bertz CT molecular complexity index is 562. The number of para-hydroxylation sites is 2. The molecule has 0 fully saturated rings. The van der Waals surface area contributed by atoms with Gasteiger partial charge in [-0.3, -0.25) is 0 Å². The van der Waals surface area contributed by atoms with Crippen molar-refractivity contribution in [1.82, 2.24) is 9.55 Å². The van der Waals surface area contributed by atoms with Crippen molar-refractivity contribution in [2.75, 3.05) is 7.11 Å². The highest BCUT2D eigenvalue weighted by molar-refractivity contribution is 5.80. The molecule has 1 aromatic heterocycles. The molecule has 1 aromatic carbocycles. The van der Waals surface area contributed by atoms with Crippen LogP contribution in [-0.4, -0.2) is 27.7 Å². The molecule has 0 aliphatic rings. The second-order valence-electron chi connectivity index (χ2n) is 3.94. The van der Waals surface area contributed by atoms with Crippen molar-refractivity contribution in [2.45, 2.75) is 19.6 Å². The molecule has 2 rings (SSSR count). The second kappa shape index (κ2) is 5.50. The fourth-order valence-electron chi connectivity index (χ4n) is 1.89. The van der Waals surface area contributed by atoms with Crippen LogP contribution in [0.5, 0.6) is 0 Å². The number of hydrogen-bond acceptors (Lipinski definition) is 4. The molecular formula is C12H16N4O2. The molecule has 0 aliphatic carbocycles.